The van der Waals surface area contributed by atoms with Crippen LogP contribution in [0.3, 0.4) is 0 Å². The minimum absolute atomic E-state index is 0.205. The average molecular weight is 182 g/mol. The lowest BCUT2D eigenvalue weighted by Gasteiger charge is -2.05. The van der Waals surface area contributed by atoms with Gasteiger partial charge in [0.05, 0.1) is 12.3 Å². The molecular weight excluding hydrogens is 171 g/mol. The van der Waals surface area contributed by atoms with Crippen LogP contribution < -0.4 is 10.1 Å². The van der Waals surface area contributed by atoms with Crippen LogP contribution in [0.4, 0.5) is 10.2 Å². The molecule has 1 N–H and O–H groups in total. The third kappa shape index (κ3) is 1.88. The number of rotatable bonds is 3. The number of hydrogen-bond donors (Lipinski definition) is 1. The molecule has 0 bridgehead atoms. The van der Waals surface area contributed by atoms with Crippen LogP contribution in [0, 0.1) is 5.82 Å². The maximum Gasteiger partial charge on any atom is 0.173 e. The number of anilines is 1. The maximum atomic E-state index is 13.2. The van der Waals surface area contributed by atoms with Gasteiger partial charge < -0.3 is 10.1 Å². The van der Waals surface area contributed by atoms with Crippen LogP contribution in [0.25, 0.3) is 0 Å². The fourth-order valence-corrected chi connectivity index (χ4v) is 1.01. The standard InChI is InChI=1S/C9H11FN2O/c1-11-9-4-7(10)8(5-12-9)13-6-2-3-6/h4-6H,2-3H2,1H3,(H,11,12). The summed E-state index contributed by atoms with van der Waals surface area (Å²) in [5.41, 5.74) is 0. The van der Waals surface area contributed by atoms with Crippen molar-refractivity contribution in [1.29, 1.82) is 0 Å². The van der Waals surface area contributed by atoms with E-state index in [1.54, 1.807) is 7.05 Å². The summed E-state index contributed by atoms with van der Waals surface area (Å²) in [7, 11) is 1.70. The van der Waals surface area contributed by atoms with E-state index in [9.17, 15) is 4.39 Å². The molecule has 2 rings (SSSR count). The molecule has 1 aliphatic carbocycles. The smallest absolute Gasteiger partial charge is 0.173 e. The van der Waals surface area contributed by atoms with Gasteiger partial charge in [0.15, 0.2) is 11.6 Å². The van der Waals surface area contributed by atoms with Crippen molar-refractivity contribution in [3.8, 4) is 5.75 Å². The predicted molar refractivity (Wildman–Crippen MR) is 47.4 cm³/mol. The van der Waals surface area contributed by atoms with Crippen molar-refractivity contribution in [3.63, 3.8) is 0 Å². The highest BCUT2D eigenvalue weighted by Crippen LogP contribution is 2.28. The summed E-state index contributed by atoms with van der Waals surface area (Å²) in [5, 5.41) is 2.76. The second-order valence-electron chi connectivity index (χ2n) is 3.07. The quantitative estimate of drug-likeness (QED) is 0.774. The lowest BCUT2D eigenvalue weighted by molar-refractivity contribution is 0.286. The van der Waals surface area contributed by atoms with E-state index in [1.807, 2.05) is 0 Å². The van der Waals surface area contributed by atoms with Gasteiger partial charge in [-0.05, 0) is 12.8 Å². The topological polar surface area (TPSA) is 34.1 Å². The van der Waals surface area contributed by atoms with Gasteiger partial charge >= 0.3 is 0 Å². The van der Waals surface area contributed by atoms with Crippen molar-refractivity contribution < 1.29 is 9.13 Å². The fourth-order valence-electron chi connectivity index (χ4n) is 1.01. The Bertz CT molecular complexity index is 312. The SMILES string of the molecule is CNc1cc(F)c(OC2CC2)cn1. The molecule has 3 nitrogen and oxygen atoms in total. The fraction of sp³-hybridized carbons (Fsp3) is 0.444. The molecule has 1 aromatic heterocycles. The van der Waals surface area contributed by atoms with E-state index in [2.05, 4.69) is 10.3 Å². The van der Waals surface area contributed by atoms with Crippen molar-refractivity contribution in [2.24, 2.45) is 0 Å². The predicted octanol–water partition coefficient (Wildman–Crippen LogP) is 1.80. The van der Waals surface area contributed by atoms with E-state index in [-0.39, 0.29) is 17.7 Å². The van der Waals surface area contributed by atoms with E-state index < -0.39 is 0 Å². The van der Waals surface area contributed by atoms with Gasteiger partial charge in [-0.3, -0.25) is 0 Å². The number of ether oxygens (including phenoxy) is 1. The molecule has 0 radical (unpaired) electrons. The van der Waals surface area contributed by atoms with Gasteiger partial charge in [-0.25, -0.2) is 9.37 Å². The molecule has 0 aliphatic heterocycles. The summed E-state index contributed by atoms with van der Waals surface area (Å²) >= 11 is 0. The van der Waals surface area contributed by atoms with Crippen LogP contribution in [-0.4, -0.2) is 18.1 Å². The molecule has 0 spiro atoms. The highest BCUT2D eigenvalue weighted by Gasteiger charge is 2.24. The molecule has 0 amide bonds. The molecule has 1 heterocycles. The molecule has 0 unspecified atom stereocenters. The zero-order valence-electron chi connectivity index (χ0n) is 7.38. The summed E-state index contributed by atoms with van der Waals surface area (Å²) in [4.78, 5) is 3.96. The van der Waals surface area contributed by atoms with Crippen LogP contribution >= 0.6 is 0 Å². The molecule has 0 aromatic carbocycles. The third-order valence-corrected chi connectivity index (χ3v) is 1.89. The van der Waals surface area contributed by atoms with Gasteiger partial charge in [0, 0.05) is 13.1 Å². The zero-order chi connectivity index (χ0) is 9.26. The van der Waals surface area contributed by atoms with Crippen molar-refractivity contribution in [1.82, 2.24) is 4.98 Å². The minimum atomic E-state index is -0.355. The first kappa shape index (κ1) is 8.29. The van der Waals surface area contributed by atoms with Gasteiger partial charge in [-0.15, -0.1) is 0 Å². The zero-order valence-corrected chi connectivity index (χ0v) is 7.38. The second-order valence-corrected chi connectivity index (χ2v) is 3.07. The third-order valence-electron chi connectivity index (χ3n) is 1.89. The van der Waals surface area contributed by atoms with Crippen LogP contribution in [0.2, 0.25) is 0 Å². The molecule has 1 saturated carbocycles. The molecule has 13 heavy (non-hydrogen) atoms. The number of nitrogens with one attached hydrogen (secondary N) is 1. The molecule has 0 atom stereocenters. The largest absolute Gasteiger partial charge is 0.486 e. The summed E-state index contributed by atoms with van der Waals surface area (Å²) < 4.78 is 18.5. The highest BCUT2D eigenvalue weighted by atomic mass is 19.1. The Morgan fingerprint density at radius 3 is 2.92 bits per heavy atom. The normalized spacial score (nSPS) is 15.5. The summed E-state index contributed by atoms with van der Waals surface area (Å²) in [6, 6.07) is 1.33. The lowest BCUT2D eigenvalue weighted by atomic mass is 10.4. The van der Waals surface area contributed by atoms with Crippen molar-refractivity contribution >= 4 is 5.82 Å². The molecule has 1 aliphatic rings. The van der Waals surface area contributed by atoms with E-state index in [4.69, 9.17) is 4.74 Å². The van der Waals surface area contributed by atoms with E-state index in [1.165, 1.54) is 12.3 Å². The average Bonchev–Trinajstić information content (AvgIpc) is 2.92. The molecule has 0 saturated heterocycles. The maximum absolute atomic E-state index is 13.2. The van der Waals surface area contributed by atoms with Gasteiger partial charge in [0.2, 0.25) is 0 Å². The van der Waals surface area contributed by atoms with Crippen LogP contribution in [0.5, 0.6) is 5.75 Å². The number of halogens is 1. The van der Waals surface area contributed by atoms with Gasteiger partial charge in [-0.1, -0.05) is 0 Å². The van der Waals surface area contributed by atoms with Crippen LogP contribution in [0.1, 0.15) is 12.8 Å². The highest BCUT2D eigenvalue weighted by molar-refractivity contribution is 5.38. The molecule has 70 valence electrons. The first-order valence-corrected chi connectivity index (χ1v) is 4.29. The summed E-state index contributed by atoms with van der Waals surface area (Å²) in [6.45, 7) is 0. The number of hydrogen-bond acceptors (Lipinski definition) is 3. The number of nitrogens with zero attached hydrogens (tertiary/aromatic N) is 1. The Balaban J connectivity index is 2.15. The first-order chi connectivity index (χ1) is 6.29. The Morgan fingerprint density at radius 1 is 1.62 bits per heavy atom. The molecule has 1 aromatic rings. The van der Waals surface area contributed by atoms with Gasteiger partial charge in [0.25, 0.3) is 0 Å². The number of aromatic nitrogens is 1. The monoisotopic (exact) mass is 182 g/mol. The molecule has 1 fully saturated rings. The minimum Gasteiger partial charge on any atom is -0.486 e. The van der Waals surface area contributed by atoms with E-state index >= 15 is 0 Å². The number of pyridine rings is 1. The Kier molecular flexibility index (Phi) is 2.04. The Morgan fingerprint density at radius 2 is 2.38 bits per heavy atom. The first-order valence-electron chi connectivity index (χ1n) is 4.29. The van der Waals surface area contributed by atoms with Gasteiger partial charge in [0.1, 0.15) is 5.82 Å². The Labute approximate surface area is 75.9 Å². The second kappa shape index (κ2) is 3.20. The summed E-state index contributed by atoms with van der Waals surface area (Å²) in [6.07, 6.45) is 3.66. The van der Waals surface area contributed by atoms with Crippen molar-refractivity contribution in [2.75, 3.05) is 12.4 Å². The molecule has 4 heteroatoms. The van der Waals surface area contributed by atoms with Crippen molar-refractivity contribution in [3.05, 3.63) is 18.1 Å². The van der Waals surface area contributed by atoms with Gasteiger partial charge in [-0.2, -0.15) is 0 Å². The van der Waals surface area contributed by atoms with Crippen LogP contribution in [-0.2, 0) is 0 Å². The molecular formula is C9H11FN2O. The Hall–Kier alpha value is -1.32. The lowest BCUT2D eigenvalue weighted by Crippen LogP contribution is -2.00. The van der Waals surface area contributed by atoms with Crippen molar-refractivity contribution in [2.45, 2.75) is 18.9 Å². The van der Waals surface area contributed by atoms with Crippen LogP contribution in [0.15, 0.2) is 12.3 Å². The summed E-state index contributed by atoms with van der Waals surface area (Å²) in [5.74, 6) is 0.411. The van der Waals surface area contributed by atoms with E-state index in [0.717, 1.165) is 12.8 Å². The van der Waals surface area contributed by atoms with E-state index in [0.29, 0.717) is 5.82 Å².